The van der Waals surface area contributed by atoms with Crippen molar-refractivity contribution >= 4 is 17.5 Å². The number of aromatic nitrogens is 3. The first-order valence-electron chi connectivity index (χ1n) is 9.24. The molecule has 0 radical (unpaired) electrons. The predicted molar refractivity (Wildman–Crippen MR) is 111 cm³/mol. The molecule has 0 atom stereocenters. The fourth-order valence-corrected chi connectivity index (χ4v) is 2.78. The van der Waals surface area contributed by atoms with Crippen LogP contribution in [0.1, 0.15) is 12.5 Å². The number of hydrogen-bond donors (Lipinski definition) is 1. The molecule has 0 amide bonds. The lowest BCUT2D eigenvalue weighted by atomic mass is 10.2. The minimum atomic E-state index is 0.474. The lowest BCUT2D eigenvalue weighted by Crippen LogP contribution is -2.20. The molecule has 7 nitrogen and oxygen atoms in total. The average Bonchev–Trinajstić information content (AvgIpc) is 2.73. The molecule has 2 aromatic carbocycles. The molecule has 28 heavy (non-hydrogen) atoms. The van der Waals surface area contributed by atoms with Crippen molar-refractivity contribution in [2.75, 3.05) is 37.0 Å². The normalized spacial score (nSPS) is 10.4. The van der Waals surface area contributed by atoms with Crippen LogP contribution >= 0.6 is 0 Å². The third-order valence-corrected chi connectivity index (χ3v) is 4.17. The third-order valence-electron chi connectivity index (χ3n) is 4.17. The van der Waals surface area contributed by atoms with Crippen LogP contribution in [0.15, 0.2) is 54.7 Å². The molecule has 146 valence electrons. The highest BCUT2D eigenvalue weighted by atomic mass is 16.5. The molecule has 0 bridgehead atoms. The van der Waals surface area contributed by atoms with Gasteiger partial charge in [0.25, 0.3) is 0 Å². The van der Waals surface area contributed by atoms with E-state index < -0.39 is 0 Å². The summed E-state index contributed by atoms with van der Waals surface area (Å²) in [5.74, 6) is 2.81. The number of rotatable bonds is 9. The first-order valence-corrected chi connectivity index (χ1v) is 9.24. The predicted octanol–water partition coefficient (Wildman–Crippen LogP) is 3.84. The molecule has 0 saturated carbocycles. The maximum atomic E-state index is 5.70. The molecule has 1 aromatic heterocycles. The van der Waals surface area contributed by atoms with E-state index >= 15 is 0 Å². The Morgan fingerprint density at radius 3 is 2.57 bits per heavy atom. The summed E-state index contributed by atoms with van der Waals surface area (Å²) < 4.78 is 10.8. The van der Waals surface area contributed by atoms with Crippen LogP contribution in [0.2, 0.25) is 0 Å². The fraction of sp³-hybridized carbons (Fsp3) is 0.286. The molecule has 0 unspecified atom stereocenters. The van der Waals surface area contributed by atoms with Gasteiger partial charge in [-0.05, 0) is 55.8 Å². The molecule has 3 rings (SSSR count). The summed E-state index contributed by atoms with van der Waals surface area (Å²) in [5, 5.41) is 11.3. The smallest absolute Gasteiger partial charge is 0.244 e. The van der Waals surface area contributed by atoms with Crippen molar-refractivity contribution < 1.29 is 9.47 Å². The largest absolute Gasteiger partial charge is 0.497 e. The molecule has 0 aliphatic rings. The quantitative estimate of drug-likeness (QED) is 0.566. The zero-order valence-corrected chi connectivity index (χ0v) is 16.4. The second-order valence-corrected chi connectivity index (χ2v) is 6.17. The van der Waals surface area contributed by atoms with Gasteiger partial charge in [0.1, 0.15) is 18.1 Å². The first-order chi connectivity index (χ1) is 13.7. The summed E-state index contributed by atoms with van der Waals surface area (Å²) in [6.07, 6.45) is 1.67. The van der Waals surface area contributed by atoms with Crippen LogP contribution in [-0.2, 0) is 0 Å². The van der Waals surface area contributed by atoms with Crippen LogP contribution in [0.25, 0.3) is 0 Å². The number of anilines is 3. The number of nitrogens with one attached hydrogen (secondary N) is 1. The average molecular weight is 379 g/mol. The molecule has 0 aliphatic heterocycles. The van der Waals surface area contributed by atoms with E-state index in [9.17, 15) is 0 Å². The zero-order chi connectivity index (χ0) is 19.8. The van der Waals surface area contributed by atoms with Crippen LogP contribution in [0.5, 0.6) is 11.5 Å². The van der Waals surface area contributed by atoms with Gasteiger partial charge >= 0.3 is 0 Å². The van der Waals surface area contributed by atoms with Crippen molar-refractivity contribution in [1.82, 2.24) is 15.2 Å². The van der Waals surface area contributed by atoms with Gasteiger partial charge in [-0.15, -0.1) is 5.10 Å². The molecule has 3 aromatic rings. The van der Waals surface area contributed by atoms with E-state index in [0.717, 1.165) is 29.5 Å². The topological polar surface area (TPSA) is 72.4 Å². The Balaban J connectivity index is 1.58. The molecular weight excluding hydrogens is 354 g/mol. The maximum absolute atomic E-state index is 5.70. The Kier molecular flexibility index (Phi) is 6.62. The van der Waals surface area contributed by atoms with Crippen LogP contribution in [0, 0.1) is 6.92 Å². The second kappa shape index (κ2) is 9.55. The van der Waals surface area contributed by atoms with Crippen molar-refractivity contribution in [3.63, 3.8) is 0 Å². The van der Waals surface area contributed by atoms with Crippen molar-refractivity contribution in [1.29, 1.82) is 0 Å². The van der Waals surface area contributed by atoms with Crippen LogP contribution < -0.4 is 19.7 Å². The summed E-state index contributed by atoms with van der Waals surface area (Å²) in [6, 6.07) is 15.8. The standard InChI is InChI=1S/C21H25N5O2/c1-4-26(17-7-5-6-16(2)14-17)20-15-23-25-21(24-20)22-12-13-28-19-10-8-18(27-3)9-11-19/h5-11,14-15H,4,12-13H2,1-3H3,(H,22,24,25). The molecule has 0 spiro atoms. The Labute approximate surface area is 165 Å². The number of methoxy groups -OCH3 is 1. The Hall–Kier alpha value is -3.35. The van der Waals surface area contributed by atoms with Crippen molar-refractivity contribution in [3.05, 3.63) is 60.3 Å². The zero-order valence-electron chi connectivity index (χ0n) is 16.4. The van der Waals surface area contributed by atoms with E-state index in [0.29, 0.717) is 19.1 Å². The highest BCUT2D eigenvalue weighted by molar-refractivity contribution is 5.60. The van der Waals surface area contributed by atoms with E-state index in [1.165, 1.54) is 5.56 Å². The molecule has 1 N–H and O–H groups in total. The van der Waals surface area contributed by atoms with Gasteiger partial charge < -0.3 is 19.7 Å². The van der Waals surface area contributed by atoms with Gasteiger partial charge in [0.15, 0.2) is 5.82 Å². The molecule has 1 heterocycles. The lowest BCUT2D eigenvalue weighted by Gasteiger charge is -2.22. The van der Waals surface area contributed by atoms with E-state index in [4.69, 9.17) is 9.47 Å². The minimum Gasteiger partial charge on any atom is -0.497 e. The molecule has 0 saturated heterocycles. The van der Waals surface area contributed by atoms with E-state index in [1.807, 2.05) is 30.3 Å². The summed E-state index contributed by atoms with van der Waals surface area (Å²) in [7, 11) is 1.64. The lowest BCUT2D eigenvalue weighted by molar-refractivity contribution is 0.331. The third kappa shape index (κ3) is 5.09. The van der Waals surface area contributed by atoms with E-state index in [2.05, 4.69) is 57.4 Å². The number of hydrogen-bond acceptors (Lipinski definition) is 7. The summed E-state index contributed by atoms with van der Waals surface area (Å²) in [4.78, 5) is 6.68. The van der Waals surface area contributed by atoms with E-state index in [1.54, 1.807) is 13.3 Å². The number of nitrogens with zero attached hydrogens (tertiary/aromatic N) is 4. The van der Waals surface area contributed by atoms with Crippen molar-refractivity contribution in [2.24, 2.45) is 0 Å². The van der Waals surface area contributed by atoms with Crippen LogP contribution in [0.4, 0.5) is 17.5 Å². The fourth-order valence-electron chi connectivity index (χ4n) is 2.78. The summed E-state index contributed by atoms with van der Waals surface area (Å²) >= 11 is 0. The Morgan fingerprint density at radius 2 is 1.86 bits per heavy atom. The van der Waals surface area contributed by atoms with Gasteiger partial charge in [-0.2, -0.15) is 10.1 Å². The van der Waals surface area contributed by atoms with Gasteiger partial charge in [0.05, 0.1) is 19.9 Å². The molecular formula is C21H25N5O2. The number of aryl methyl sites for hydroxylation is 1. The minimum absolute atomic E-state index is 0.474. The van der Waals surface area contributed by atoms with Gasteiger partial charge in [-0.3, -0.25) is 0 Å². The van der Waals surface area contributed by atoms with Gasteiger partial charge in [0, 0.05) is 12.2 Å². The number of benzene rings is 2. The SMILES string of the molecule is CCN(c1cccc(C)c1)c1cnnc(NCCOc2ccc(OC)cc2)n1. The monoisotopic (exact) mass is 379 g/mol. The Morgan fingerprint density at radius 1 is 1.07 bits per heavy atom. The second-order valence-electron chi connectivity index (χ2n) is 6.17. The highest BCUT2D eigenvalue weighted by Gasteiger charge is 2.11. The summed E-state index contributed by atoms with van der Waals surface area (Å²) in [6.45, 7) is 5.98. The molecule has 0 fully saturated rings. The maximum Gasteiger partial charge on any atom is 0.244 e. The van der Waals surface area contributed by atoms with Crippen LogP contribution in [-0.4, -0.2) is 42.0 Å². The first kappa shape index (κ1) is 19.4. The highest BCUT2D eigenvalue weighted by Crippen LogP contribution is 2.24. The van der Waals surface area contributed by atoms with Gasteiger partial charge in [0.2, 0.25) is 5.95 Å². The van der Waals surface area contributed by atoms with Crippen LogP contribution in [0.3, 0.4) is 0 Å². The Bertz CT molecular complexity index is 886. The van der Waals surface area contributed by atoms with E-state index in [-0.39, 0.29) is 0 Å². The van der Waals surface area contributed by atoms with Crippen molar-refractivity contribution in [3.8, 4) is 11.5 Å². The van der Waals surface area contributed by atoms with Gasteiger partial charge in [-0.1, -0.05) is 12.1 Å². The number of ether oxygens (including phenoxy) is 2. The summed E-state index contributed by atoms with van der Waals surface area (Å²) in [5.41, 5.74) is 2.28. The molecule has 7 heteroatoms. The van der Waals surface area contributed by atoms with Crippen molar-refractivity contribution in [2.45, 2.75) is 13.8 Å². The molecule has 0 aliphatic carbocycles. The van der Waals surface area contributed by atoms with Gasteiger partial charge in [-0.25, -0.2) is 0 Å².